The van der Waals surface area contributed by atoms with Gasteiger partial charge in [0.25, 0.3) is 0 Å². The molecule has 5 rings (SSSR count). The molecule has 1 aliphatic heterocycles. The maximum absolute atomic E-state index is 13.5. The molecule has 0 spiro atoms. The van der Waals surface area contributed by atoms with Gasteiger partial charge in [0, 0.05) is 46.3 Å². The molecule has 6 heteroatoms. The highest BCUT2D eigenvalue weighted by Gasteiger charge is 2.46. The Morgan fingerprint density at radius 1 is 0.889 bits per heavy atom. The second kappa shape index (κ2) is 9.18. The molecule has 0 saturated carbocycles. The number of hydrogen-bond acceptors (Lipinski definition) is 4. The normalized spacial score (nSPS) is 21.2. The lowest BCUT2D eigenvalue weighted by atomic mass is 9.64. The molecule has 0 aromatic heterocycles. The van der Waals surface area contributed by atoms with Crippen LogP contribution in [0, 0.1) is 10.8 Å². The zero-order valence-electron chi connectivity index (χ0n) is 21.1. The van der Waals surface area contributed by atoms with E-state index in [-0.39, 0.29) is 28.3 Å². The summed E-state index contributed by atoms with van der Waals surface area (Å²) < 4.78 is 6.85. The Labute approximate surface area is 226 Å². The molecule has 0 amide bonds. The predicted molar refractivity (Wildman–Crippen MR) is 146 cm³/mol. The second-order valence-corrected chi connectivity index (χ2v) is 13.1. The van der Waals surface area contributed by atoms with Crippen LogP contribution in [0.4, 0.5) is 0 Å². The number of rotatable bonds is 4. The molecule has 1 heterocycles. The monoisotopic (exact) mass is 567 g/mol. The number of allylic oxidation sites excluding steroid dienone is 4. The van der Waals surface area contributed by atoms with Crippen LogP contribution < -0.4 is 10.1 Å². The van der Waals surface area contributed by atoms with E-state index >= 15 is 0 Å². The number of nitrogens with one attached hydrogen (secondary N) is 1. The van der Waals surface area contributed by atoms with Crippen LogP contribution in [0.3, 0.4) is 0 Å². The third-order valence-corrected chi connectivity index (χ3v) is 8.19. The van der Waals surface area contributed by atoms with E-state index in [1.165, 1.54) is 0 Å². The first-order valence-corrected chi connectivity index (χ1v) is 13.6. The number of halogens is 2. The summed E-state index contributed by atoms with van der Waals surface area (Å²) in [4.78, 5) is 27.0. The Morgan fingerprint density at radius 2 is 1.44 bits per heavy atom. The van der Waals surface area contributed by atoms with E-state index in [1.807, 2.05) is 42.5 Å². The van der Waals surface area contributed by atoms with Crippen molar-refractivity contribution in [3.05, 3.63) is 85.6 Å². The number of hydrogen-bond donors (Lipinski definition) is 1. The quantitative estimate of drug-likeness (QED) is 0.411. The van der Waals surface area contributed by atoms with Crippen LogP contribution in [0.2, 0.25) is 5.02 Å². The van der Waals surface area contributed by atoms with Gasteiger partial charge in [-0.05, 0) is 75.0 Å². The lowest BCUT2D eigenvalue weighted by molar-refractivity contribution is -0.119. The summed E-state index contributed by atoms with van der Waals surface area (Å²) >= 11 is 9.66. The van der Waals surface area contributed by atoms with Crippen molar-refractivity contribution in [2.24, 2.45) is 10.8 Å². The first-order valence-electron chi connectivity index (χ1n) is 12.4. The van der Waals surface area contributed by atoms with Crippen LogP contribution >= 0.6 is 27.5 Å². The summed E-state index contributed by atoms with van der Waals surface area (Å²) in [5.74, 6) is 0.604. The van der Waals surface area contributed by atoms with E-state index in [0.29, 0.717) is 30.2 Å². The van der Waals surface area contributed by atoms with Crippen molar-refractivity contribution in [1.29, 1.82) is 0 Å². The summed E-state index contributed by atoms with van der Waals surface area (Å²) in [6.45, 7) is 8.95. The molecule has 2 aromatic rings. The van der Waals surface area contributed by atoms with E-state index in [1.54, 1.807) is 0 Å². The van der Waals surface area contributed by atoms with Gasteiger partial charge in [0.2, 0.25) is 0 Å². The first-order chi connectivity index (χ1) is 16.9. The lowest BCUT2D eigenvalue weighted by Crippen LogP contribution is -2.42. The molecule has 0 radical (unpaired) electrons. The molecule has 36 heavy (non-hydrogen) atoms. The van der Waals surface area contributed by atoms with Gasteiger partial charge in [-0.1, -0.05) is 57.5 Å². The zero-order valence-corrected chi connectivity index (χ0v) is 23.5. The number of Topliss-reactive ketones (excluding diaryl/α,β-unsaturated/α-hetero) is 2. The molecule has 0 unspecified atom stereocenters. The van der Waals surface area contributed by atoms with E-state index in [4.69, 9.17) is 16.3 Å². The SMILES string of the molecule is CC1(C)CC(=O)C2=C(C1)NC1=C(C(=O)CC(C)(C)C1)C2c1ccc(OCc2ccc(Cl)cc2)c(Br)c1. The molecule has 0 bridgehead atoms. The van der Waals surface area contributed by atoms with Crippen LogP contribution in [0.25, 0.3) is 0 Å². The molecular weight excluding hydrogens is 538 g/mol. The minimum Gasteiger partial charge on any atom is -0.488 e. The highest BCUT2D eigenvalue weighted by atomic mass is 79.9. The Bertz CT molecular complexity index is 1270. The molecule has 2 aliphatic carbocycles. The molecular formula is C30H31BrClNO3. The molecule has 0 atom stereocenters. The summed E-state index contributed by atoms with van der Waals surface area (Å²) in [6, 6.07) is 13.5. The maximum Gasteiger partial charge on any atom is 0.162 e. The Morgan fingerprint density at radius 3 is 1.97 bits per heavy atom. The Balaban J connectivity index is 1.52. The fourth-order valence-electron chi connectivity index (χ4n) is 5.78. The highest BCUT2D eigenvalue weighted by molar-refractivity contribution is 9.10. The number of carbonyl (C=O) groups is 2. The standard InChI is InChI=1S/C30H31BrClNO3/c1-29(2)12-21-27(23(34)14-29)26(28-22(33-21)13-30(3,4)15-24(28)35)18-7-10-25(20(31)11-18)36-16-17-5-8-19(32)9-6-17/h5-11,26,33H,12-16H2,1-4H3. The van der Waals surface area contributed by atoms with Crippen LogP contribution in [-0.2, 0) is 16.2 Å². The van der Waals surface area contributed by atoms with Gasteiger partial charge in [0.15, 0.2) is 11.6 Å². The minimum atomic E-state index is -0.356. The summed E-state index contributed by atoms with van der Waals surface area (Å²) in [5, 5.41) is 4.26. The molecule has 0 fully saturated rings. The highest BCUT2D eigenvalue weighted by Crippen LogP contribution is 2.51. The fraction of sp³-hybridized carbons (Fsp3) is 0.400. The van der Waals surface area contributed by atoms with Crippen molar-refractivity contribution >= 4 is 39.1 Å². The maximum atomic E-state index is 13.5. The van der Waals surface area contributed by atoms with Gasteiger partial charge in [0.1, 0.15) is 12.4 Å². The number of carbonyl (C=O) groups excluding carboxylic acids is 2. The van der Waals surface area contributed by atoms with Gasteiger partial charge in [-0.25, -0.2) is 0 Å². The van der Waals surface area contributed by atoms with E-state index in [9.17, 15) is 9.59 Å². The third kappa shape index (κ3) is 4.92. The Hall–Kier alpha value is -2.37. The molecule has 2 aromatic carbocycles. The number of benzene rings is 2. The molecule has 0 saturated heterocycles. The van der Waals surface area contributed by atoms with E-state index < -0.39 is 0 Å². The van der Waals surface area contributed by atoms with Gasteiger partial charge >= 0.3 is 0 Å². The van der Waals surface area contributed by atoms with E-state index in [2.05, 4.69) is 48.9 Å². The summed E-state index contributed by atoms with van der Waals surface area (Å²) in [7, 11) is 0. The smallest absolute Gasteiger partial charge is 0.162 e. The second-order valence-electron chi connectivity index (χ2n) is 11.8. The third-order valence-electron chi connectivity index (χ3n) is 7.32. The topological polar surface area (TPSA) is 55.4 Å². The van der Waals surface area contributed by atoms with Gasteiger partial charge in [-0.2, -0.15) is 0 Å². The summed E-state index contributed by atoms with van der Waals surface area (Å²) in [5.41, 5.74) is 5.19. The molecule has 3 aliphatic rings. The van der Waals surface area contributed by atoms with Gasteiger partial charge in [-0.15, -0.1) is 0 Å². The van der Waals surface area contributed by atoms with Crippen LogP contribution in [-0.4, -0.2) is 11.6 Å². The first kappa shape index (κ1) is 25.3. The largest absolute Gasteiger partial charge is 0.488 e. The number of dihydropyridines is 1. The van der Waals surface area contributed by atoms with Gasteiger partial charge in [0.05, 0.1) is 4.47 Å². The predicted octanol–water partition coefficient (Wildman–Crippen LogP) is 7.65. The van der Waals surface area contributed by atoms with Gasteiger partial charge < -0.3 is 10.1 Å². The Kier molecular flexibility index (Phi) is 6.45. The van der Waals surface area contributed by atoms with Crippen molar-refractivity contribution in [1.82, 2.24) is 5.32 Å². The zero-order chi connectivity index (χ0) is 25.8. The van der Waals surface area contributed by atoms with Gasteiger partial charge in [-0.3, -0.25) is 9.59 Å². The summed E-state index contributed by atoms with van der Waals surface area (Å²) in [6.07, 6.45) is 2.55. The van der Waals surface area contributed by atoms with Crippen molar-refractivity contribution in [2.45, 2.75) is 65.9 Å². The van der Waals surface area contributed by atoms with Crippen molar-refractivity contribution in [2.75, 3.05) is 0 Å². The molecule has 188 valence electrons. The average molecular weight is 569 g/mol. The van der Waals surface area contributed by atoms with Crippen LogP contribution in [0.5, 0.6) is 5.75 Å². The molecule has 4 nitrogen and oxygen atoms in total. The van der Waals surface area contributed by atoms with Crippen molar-refractivity contribution in [3.8, 4) is 5.75 Å². The average Bonchev–Trinajstić information content (AvgIpc) is 2.76. The van der Waals surface area contributed by atoms with Crippen LogP contribution in [0.15, 0.2) is 69.5 Å². The van der Waals surface area contributed by atoms with Crippen LogP contribution in [0.1, 0.15) is 70.4 Å². The van der Waals surface area contributed by atoms with E-state index in [0.717, 1.165) is 51.0 Å². The minimum absolute atomic E-state index is 0.111. The van der Waals surface area contributed by atoms with Crippen molar-refractivity contribution in [3.63, 3.8) is 0 Å². The van der Waals surface area contributed by atoms with Crippen molar-refractivity contribution < 1.29 is 14.3 Å². The number of ether oxygens (including phenoxy) is 1. The fourth-order valence-corrected chi connectivity index (χ4v) is 6.41. The number of ketones is 2. The molecule has 1 N–H and O–H groups in total. The lowest BCUT2D eigenvalue weighted by Gasteiger charge is -2.44.